The average Bonchev–Trinajstić information content (AvgIpc) is 3.02. The Morgan fingerprint density at radius 3 is 2.72 bits per heavy atom. The van der Waals surface area contributed by atoms with Crippen LogP contribution in [-0.4, -0.2) is 26.4 Å². The van der Waals surface area contributed by atoms with E-state index in [4.69, 9.17) is 16.3 Å². The maximum Gasteiger partial charge on any atom is 0.234 e. The predicted molar refractivity (Wildman–Crippen MR) is 112 cm³/mol. The minimum atomic E-state index is -0.432. The molecular formula is C20H20ClFN4O2S. The first kappa shape index (κ1) is 21.1. The van der Waals surface area contributed by atoms with Crippen LogP contribution in [0, 0.1) is 19.7 Å². The van der Waals surface area contributed by atoms with Gasteiger partial charge in [-0.05, 0) is 55.3 Å². The molecule has 0 aliphatic rings. The molecule has 1 N–H and O–H groups in total. The molecule has 1 aromatic heterocycles. The molecule has 3 rings (SSSR count). The fraction of sp³-hybridized carbons (Fsp3) is 0.250. The Hall–Kier alpha value is -2.58. The number of halogens is 2. The lowest BCUT2D eigenvalue weighted by Gasteiger charge is -2.09. The van der Waals surface area contributed by atoms with E-state index >= 15 is 0 Å². The summed E-state index contributed by atoms with van der Waals surface area (Å²) in [4.78, 5) is 12.2. The zero-order valence-electron chi connectivity index (χ0n) is 16.2. The quantitative estimate of drug-likeness (QED) is 0.553. The molecule has 0 saturated heterocycles. The van der Waals surface area contributed by atoms with Gasteiger partial charge < -0.3 is 14.6 Å². The highest BCUT2D eigenvalue weighted by Crippen LogP contribution is 2.26. The summed E-state index contributed by atoms with van der Waals surface area (Å²) < 4.78 is 20.4. The number of rotatable bonds is 7. The van der Waals surface area contributed by atoms with E-state index in [0.717, 1.165) is 11.3 Å². The molecule has 0 bridgehead atoms. The van der Waals surface area contributed by atoms with E-state index < -0.39 is 5.82 Å². The lowest BCUT2D eigenvalue weighted by Crippen LogP contribution is -2.14. The van der Waals surface area contributed by atoms with E-state index in [2.05, 4.69) is 15.5 Å². The number of hydrogen-bond acceptors (Lipinski definition) is 5. The molecule has 6 nitrogen and oxygen atoms in total. The molecule has 0 spiro atoms. The van der Waals surface area contributed by atoms with Gasteiger partial charge in [0.1, 0.15) is 18.2 Å². The molecule has 0 fully saturated rings. The highest BCUT2D eigenvalue weighted by Gasteiger charge is 2.13. The second kappa shape index (κ2) is 9.28. The first-order valence-electron chi connectivity index (χ1n) is 8.79. The second-order valence-electron chi connectivity index (χ2n) is 6.46. The van der Waals surface area contributed by atoms with Gasteiger partial charge >= 0.3 is 0 Å². The van der Waals surface area contributed by atoms with Crippen molar-refractivity contribution in [3.8, 4) is 5.75 Å². The van der Waals surface area contributed by atoms with E-state index in [1.54, 1.807) is 11.6 Å². The molecule has 29 heavy (non-hydrogen) atoms. The minimum absolute atomic E-state index is 0.115. The topological polar surface area (TPSA) is 69.0 Å². The number of nitrogens with one attached hydrogen (secondary N) is 1. The van der Waals surface area contributed by atoms with Crippen molar-refractivity contribution >= 4 is 35.0 Å². The van der Waals surface area contributed by atoms with Crippen LogP contribution < -0.4 is 10.1 Å². The monoisotopic (exact) mass is 434 g/mol. The highest BCUT2D eigenvalue weighted by atomic mass is 35.5. The summed E-state index contributed by atoms with van der Waals surface area (Å²) in [7, 11) is 1.79. The average molecular weight is 435 g/mol. The number of benzene rings is 2. The molecule has 0 unspecified atom stereocenters. The van der Waals surface area contributed by atoms with Crippen LogP contribution in [-0.2, 0) is 18.4 Å². The Bertz CT molecular complexity index is 1040. The third kappa shape index (κ3) is 5.48. The Kier molecular flexibility index (Phi) is 6.76. The van der Waals surface area contributed by atoms with Gasteiger partial charge in [-0.15, -0.1) is 10.2 Å². The molecule has 9 heteroatoms. The zero-order chi connectivity index (χ0) is 21.0. The molecule has 0 aliphatic carbocycles. The van der Waals surface area contributed by atoms with Gasteiger partial charge in [-0.1, -0.05) is 29.4 Å². The van der Waals surface area contributed by atoms with E-state index in [-0.39, 0.29) is 23.3 Å². The molecule has 0 saturated carbocycles. The van der Waals surface area contributed by atoms with Crippen LogP contribution in [0.1, 0.15) is 17.0 Å². The fourth-order valence-electron chi connectivity index (χ4n) is 2.48. The fourth-order valence-corrected chi connectivity index (χ4v) is 3.43. The number of aromatic nitrogens is 3. The second-order valence-corrected chi connectivity index (χ2v) is 7.81. The molecule has 3 aromatic rings. The molecule has 2 aromatic carbocycles. The largest absolute Gasteiger partial charge is 0.484 e. The molecule has 0 radical (unpaired) electrons. The van der Waals surface area contributed by atoms with Gasteiger partial charge in [-0.2, -0.15) is 0 Å². The van der Waals surface area contributed by atoms with Gasteiger partial charge in [0.2, 0.25) is 5.91 Å². The van der Waals surface area contributed by atoms with Crippen LogP contribution in [0.2, 0.25) is 5.02 Å². The number of ether oxygens (including phenoxy) is 1. The predicted octanol–water partition coefficient (Wildman–Crippen LogP) is 4.53. The third-order valence-electron chi connectivity index (χ3n) is 4.30. The van der Waals surface area contributed by atoms with Crippen molar-refractivity contribution in [2.24, 2.45) is 7.05 Å². The molecular weight excluding hydrogens is 415 g/mol. The normalized spacial score (nSPS) is 10.8. The number of aryl methyl sites for hydroxylation is 2. The standard InChI is InChI=1S/C20H20ClFN4O2S/c1-12-4-6-15(8-13(12)2)23-19(27)11-29-20-25-24-18(26(20)3)10-28-17-7-5-14(22)9-16(17)21/h4-9H,10-11H2,1-3H3,(H,23,27). The molecule has 0 atom stereocenters. The number of carbonyl (C=O) groups is 1. The van der Waals surface area contributed by atoms with Crippen molar-refractivity contribution in [1.82, 2.24) is 14.8 Å². The van der Waals surface area contributed by atoms with Crippen molar-refractivity contribution < 1.29 is 13.9 Å². The Balaban J connectivity index is 1.55. The maximum absolute atomic E-state index is 13.1. The third-order valence-corrected chi connectivity index (χ3v) is 5.61. The van der Waals surface area contributed by atoms with Crippen molar-refractivity contribution in [2.75, 3.05) is 11.1 Å². The molecule has 152 valence electrons. The summed E-state index contributed by atoms with van der Waals surface area (Å²) in [6.45, 7) is 4.14. The van der Waals surface area contributed by atoms with Crippen LogP contribution in [0.15, 0.2) is 41.6 Å². The lowest BCUT2D eigenvalue weighted by atomic mass is 10.1. The van der Waals surface area contributed by atoms with Gasteiger partial charge in [-0.25, -0.2) is 4.39 Å². The Labute approximate surface area is 177 Å². The summed E-state index contributed by atoms with van der Waals surface area (Å²) in [6.07, 6.45) is 0. The van der Waals surface area contributed by atoms with Gasteiger partial charge in [0.15, 0.2) is 11.0 Å². The number of thioether (sulfide) groups is 1. The van der Waals surface area contributed by atoms with Crippen molar-refractivity contribution in [3.63, 3.8) is 0 Å². The number of carbonyl (C=O) groups excluding carboxylic acids is 1. The van der Waals surface area contributed by atoms with Crippen LogP contribution in [0.3, 0.4) is 0 Å². The van der Waals surface area contributed by atoms with E-state index in [1.165, 1.54) is 35.5 Å². The van der Waals surface area contributed by atoms with Crippen molar-refractivity contribution in [1.29, 1.82) is 0 Å². The van der Waals surface area contributed by atoms with Crippen LogP contribution in [0.25, 0.3) is 0 Å². The zero-order valence-corrected chi connectivity index (χ0v) is 17.8. The van der Waals surface area contributed by atoms with Gasteiger partial charge in [0.25, 0.3) is 0 Å². The smallest absolute Gasteiger partial charge is 0.234 e. The van der Waals surface area contributed by atoms with Gasteiger partial charge in [-0.3, -0.25) is 4.79 Å². The first-order valence-corrected chi connectivity index (χ1v) is 10.2. The highest BCUT2D eigenvalue weighted by molar-refractivity contribution is 7.99. The summed E-state index contributed by atoms with van der Waals surface area (Å²) in [5.74, 6) is 0.556. The summed E-state index contributed by atoms with van der Waals surface area (Å²) in [5.41, 5.74) is 3.06. The Morgan fingerprint density at radius 1 is 1.21 bits per heavy atom. The van der Waals surface area contributed by atoms with Crippen molar-refractivity contribution in [3.05, 3.63) is 64.2 Å². The summed E-state index contributed by atoms with van der Waals surface area (Å²) in [5, 5.41) is 11.8. The number of hydrogen-bond donors (Lipinski definition) is 1. The van der Waals surface area contributed by atoms with Crippen molar-refractivity contribution in [2.45, 2.75) is 25.6 Å². The summed E-state index contributed by atoms with van der Waals surface area (Å²) >= 11 is 7.23. The maximum atomic E-state index is 13.1. The van der Waals surface area contributed by atoms with Crippen LogP contribution >= 0.6 is 23.4 Å². The number of anilines is 1. The lowest BCUT2D eigenvalue weighted by molar-refractivity contribution is -0.113. The molecule has 0 aliphatic heterocycles. The molecule has 1 heterocycles. The van der Waals surface area contributed by atoms with Crippen LogP contribution in [0.4, 0.5) is 10.1 Å². The minimum Gasteiger partial charge on any atom is -0.484 e. The first-order chi connectivity index (χ1) is 13.8. The van der Waals surface area contributed by atoms with E-state index in [0.29, 0.717) is 16.7 Å². The Morgan fingerprint density at radius 2 is 2.00 bits per heavy atom. The SMILES string of the molecule is Cc1ccc(NC(=O)CSc2nnc(COc3ccc(F)cc3Cl)n2C)cc1C. The number of amides is 1. The van der Waals surface area contributed by atoms with Gasteiger partial charge in [0, 0.05) is 12.7 Å². The van der Waals surface area contributed by atoms with E-state index in [1.807, 2.05) is 32.0 Å². The number of nitrogens with zero attached hydrogens (tertiary/aromatic N) is 3. The summed E-state index contributed by atoms with van der Waals surface area (Å²) in [6, 6.07) is 9.71. The van der Waals surface area contributed by atoms with Crippen LogP contribution in [0.5, 0.6) is 5.75 Å². The van der Waals surface area contributed by atoms with E-state index in [9.17, 15) is 9.18 Å². The van der Waals surface area contributed by atoms with Gasteiger partial charge in [0.05, 0.1) is 10.8 Å². The molecule has 1 amide bonds.